The van der Waals surface area contributed by atoms with Crippen molar-refractivity contribution in [2.24, 2.45) is 9.98 Å². The second-order valence-corrected chi connectivity index (χ2v) is 4.64. The first-order valence-electron chi connectivity index (χ1n) is 7.15. The predicted octanol–water partition coefficient (Wildman–Crippen LogP) is 2.46. The highest BCUT2D eigenvalue weighted by molar-refractivity contribution is 6.15. The third-order valence-electron chi connectivity index (χ3n) is 3.20. The van der Waals surface area contributed by atoms with Crippen LogP contribution in [0.4, 0.5) is 5.82 Å². The van der Waals surface area contributed by atoms with Crippen molar-refractivity contribution >= 4 is 24.2 Å². The molecule has 116 valence electrons. The van der Waals surface area contributed by atoms with Crippen molar-refractivity contribution in [1.82, 2.24) is 10.3 Å². The molecule has 0 atom stereocenters. The minimum absolute atomic E-state index is 0.0131. The van der Waals surface area contributed by atoms with Gasteiger partial charge in [-0.15, -0.1) is 0 Å². The molecule has 0 bridgehead atoms. The van der Waals surface area contributed by atoms with E-state index in [2.05, 4.69) is 27.0 Å². The molecular weight excluding hydrogens is 290 g/mol. The number of aromatic amines is 1. The van der Waals surface area contributed by atoms with Crippen molar-refractivity contribution < 1.29 is 4.79 Å². The van der Waals surface area contributed by atoms with E-state index in [1.807, 2.05) is 31.2 Å². The SMILES string of the molecule is C=Nc1[nH]ccc1C(=NCC)c1ccc(C(=O)NCC#N)cc1. The molecule has 6 nitrogen and oxygen atoms in total. The number of rotatable bonds is 6. The van der Waals surface area contributed by atoms with Crippen molar-refractivity contribution in [3.8, 4) is 6.07 Å². The van der Waals surface area contributed by atoms with Crippen LogP contribution >= 0.6 is 0 Å². The van der Waals surface area contributed by atoms with Crippen LogP contribution in [0.3, 0.4) is 0 Å². The Morgan fingerprint density at radius 2 is 2.00 bits per heavy atom. The smallest absolute Gasteiger partial charge is 0.252 e. The first kappa shape index (κ1) is 16.2. The summed E-state index contributed by atoms with van der Waals surface area (Å²) in [7, 11) is 0. The monoisotopic (exact) mass is 307 g/mol. The van der Waals surface area contributed by atoms with Gasteiger partial charge in [-0.3, -0.25) is 9.79 Å². The number of hydrogen-bond acceptors (Lipinski definition) is 4. The number of carbonyl (C=O) groups excluding carboxylic acids is 1. The van der Waals surface area contributed by atoms with Crippen molar-refractivity contribution in [3.05, 3.63) is 53.2 Å². The summed E-state index contributed by atoms with van der Waals surface area (Å²) < 4.78 is 0. The maximum absolute atomic E-state index is 11.8. The van der Waals surface area contributed by atoms with Crippen LogP contribution in [0.15, 0.2) is 46.5 Å². The maximum Gasteiger partial charge on any atom is 0.252 e. The van der Waals surface area contributed by atoms with Gasteiger partial charge in [0.1, 0.15) is 12.4 Å². The molecule has 1 aromatic carbocycles. The van der Waals surface area contributed by atoms with E-state index in [1.165, 1.54) is 0 Å². The number of benzene rings is 1. The molecule has 1 heterocycles. The molecule has 0 fully saturated rings. The van der Waals surface area contributed by atoms with Gasteiger partial charge in [0.25, 0.3) is 5.91 Å². The minimum atomic E-state index is -0.276. The van der Waals surface area contributed by atoms with Gasteiger partial charge in [-0.2, -0.15) is 5.26 Å². The molecule has 0 spiro atoms. The number of aliphatic imine (C=N–C) groups is 2. The van der Waals surface area contributed by atoms with Crippen molar-refractivity contribution in [2.45, 2.75) is 6.92 Å². The minimum Gasteiger partial charge on any atom is -0.346 e. The van der Waals surface area contributed by atoms with Crippen LogP contribution in [0.25, 0.3) is 0 Å². The Balaban J connectivity index is 2.32. The highest BCUT2D eigenvalue weighted by atomic mass is 16.1. The van der Waals surface area contributed by atoms with E-state index in [4.69, 9.17) is 5.26 Å². The average Bonchev–Trinajstić information content (AvgIpc) is 3.06. The summed E-state index contributed by atoms with van der Waals surface area (Å²) in [5, 5.41) is 11.0. The van der Waals surface area contributed by atoms with E-state index in [1.54, 1.807) is 18.3 Å². The number of hydrogen-bond donors (Lipinski definition) is 2. The second-order valence-electron chi connectivity index (χ2n) is 4.64. The lowest BCUT2D eigenvalue weighted by Gasteiger charge is -2.08. The number of nitrogens with one attached hydrogen (secondary N) is 2. The zero-order chi connectivity index (χ0) is 16.7. The van der Waals surface area contributed by atoms with Gasteiger partial charge in [0.15, 0.2) is 0 Å². The molecular formula is C17H17N5O. The summed E-state index contributed by atoms with van der Waals surface area (Å²) >= 11 is 0. The van der Waals surface area contributed by atoms with Crippen LogP contribution in [0, 0.1) is 11.3 Å². The molecule has 0 radical (unpaired) electrons. The number of aromatic nitrogens is 1. The first-order chi connectivity index (χ1) is 11.2. The summed E-state index contributed by atoms with van der Waals surface area (Å²) in [6.07, 6.45) is 1.79. The van der Waals surface area contributed by atoms with Gasteiger partial charge in [-0.05, 0) is 31.8 Å². The van der Waals surface area contributed by atoms with E-state index >= 15 is 0 Å². The van der Waals surface area contributed by atoms with Gasteiger partial charge >= 0.3 is 0 Å². The third kappa shape index (κ3) is 3.71. The Labute approximate surface area is 134 Å². The Hall–Kier alpha value is -3.20. The Morgan fingerprint density at radius 1 is 1.30 bits per heavy atom. The predicted molar refractivity (Wildman–Crippen MR) is 90.6 cm³/mol. The zero-order valence-corrected chi connectivity index (χ0v) is 12.8. The summed E-state index contributed by atoms with van der Waals surface area (Å²) in [4.78, 5) is 23.3. The highest BCUT2D eigenvalue weighted by Gasteiger charge is 2.13. The van der Waals surface area contributed by atoms with Crippen LogP contribution in [0.2, 0.25) is 0 Å². The number of H-pyrrole nitrogens is 1. The number of nitriles is 1. The quantitative estimate of drug-likeness (QED) is 0.633. The van der Waals surface area contributed by atoms with Gasteiger partial charge < -0.3 is 10.3 Å². The van der Waals surface area contributed by atoms with Crippen LogP contribution in [-0.4, -0.2) is 36.4 Å². The molecule has 2 aromatic rings. The van der Waals surface area contributed by atoms with Crippen LogP contribution in [0.1, 0.15) is 28.4 Å². The summed E-state index contributed by atoms with van der Waals surface area (Å²) in [5.74, 6) is 0.384. The molecule has 1 aromatic heterocycles. The summed E-state index contributed by atoms with van der Waals surface area (Å²) in [6.45, 7) is 6.12. The molecule has 2 N–H and O–H groups in total. The molecule has 0 aliphatic rings. The highest BCUT2D eigenvalue weighted by Crippen LogP contribution is 2.21. The Morgan fingerprint density at radius 3 is 2.61 bits per heavy atom. The fraction of sp³-hybridized carbons (Fsp3) is 0.176. The first-order valence-corrected chi connectivity index (χ1v) is 7.15. The van der Waals surface area contributed by atoms with Gasteiger partial charge in [-0.25, -0.2) is 4.99 Å². The molecule has 0 saturated carbocycles. The van der Waals surface area contributed by atoms with E-state index in [0.29, 0.717) is 17.9 Å². The lowest BCUT2D eigenvalue weighted by Crippen LogP contribution is -2.23. The van der Waals surface area contributed by atoms with Gasteiger partial charge in [0.2, 0.25) is 0 Å². The Bertz CT molecular complexity index is 765. The van der Waals surface area contributed by atoms with E-state index in [-0.39, 0.29) is 12.5 Å². The molecule has 0 unspecified atom stereocenters. The average molecular weight is 307 g/mol. The topological polar surface area (TPSA) is 93.4 Å². The maximum atomic E-state index is 11.8. The standard InChI is InChI=1S/C17H17N5O/c1-3-20-15(14-8-10-21-16(14)19-2)12-4-6-13(7-5-12)17(23)22-11-9-18/h4-8,10,21H,2-3,11H2,1H3,(H,22,23). The second kappa shape index (κ2) is 7.71. The number of amides is 1. The van der Waals surface area contributed by atoms with Crippen molar-refractivity contribution in [1.29, 1.82) is 5.26 Å². The fourth-order valence-corrected chi connectivity index (χ4v) is 2.17. The van der Waals surface area contributed by atoms with E-state index in [9.17, 15) is 4.79 Å². The molecule has 2 rings (SSSR count). The fourth-order valence-electron chi connectivity index (χ4n) is 2.17. The summed E-state index contributed by atoms with van der Waals surface area (Å²) in [6, 6.07) is 10.8. The van der Waals surface area contributed by atoms with E-state index in [0.717, 1.165) is 16.8 Å². The number of carbonyl (C=O) groups is 1. The van der Waals surface area contributed by atoms with Gasteiger partial charge in [0, 0.05) is 29.4 Å². The largest absolute Gasteiger partial charge is 0.346 e. The van der Waals surface area contributed by atoms with Gasteiger partial charge in [0.05, 0.1) is 11.8 Å². The van der Waals surface area contributed by atoms with Crippen molar-refractivity contribution in [3.63, 3.8) is 0 Å². The zero-order valence-electron chi connectivity index (χ0n) is 12.8. The van der Waals surface area contributed by atoms with Crippen molar-refractivity contribution in [2.75, 3.05) is 13.1 Å². The van der Waals surface area contributed by atoms with E-state index < -0.39 is 0 Å². The van der Waals surface area contributed by atoms with Gasteiger partial charge in [-0.1, -0.05) is 12.1 Å². The van der Waals surface area contributed by atoms with Crippen LogP contribution < -0.4 is 5.32 Å². The molecule has 0 aliphatic carbocycles. The third-order valence-corrected chi connectivity index (χ3v) is 3.20. The lowest BCUT2D eigenvalue weighted by atomic mass is 10.0. The molecule has 0 saturated heterocycles. The van der Waals surface area contributed by atoms with Crippen LogP contribution in [-0.2, 0) is 0 Å². The van der Waals surface area contributed by atoms with Crippen LogP contribution in [0.5, 0.6) is 0 Å². The normalized spacial score (nSPS) is 10.9. The molecule has 23 heavy (non-hydrogen) atoms. The molecule has 1 amide bonds. The lowest BCUT2D eigenvalue weighted by molar-refractivity contribution is 0.0958. The summed E-state index contributed by atoms with van der Waals surface area (Å²) in [5.41, 5.74) is 3.04. The molecule has 6 heteroatoms. The molecule has 0 aliphatic heterocycles. The number of nitrogens with zero attached hydrogens (tertiary/aromatic N) is 3. The Kier molecular flexibility index (Phi) is 5.42.